The summed E-state index contributed by atoms with van der Waals surface area (Å²) < 4.78 is 0. The third-order valence-corrected chi connectivity index (χ3v) is 0. The van der Waals surface area contributed by atoms with E-state index in [4.69, 9.17) is 0 Å². The average molecular weight is 185 g/mol. The third kappa shape index (κ3) is 36.5. The van der Waals surface area contributed by atoms with Crippen LogP contribution in [0.25, 0.3) is 18.5 Å². The molecule has 0 rings (SSSR count). The molecule has 3 nitrogen and oxygen atoms in total. The first-order valence-electron chi connectivity index (χ1n) is 0. The summed E-state index contributed by atoms with van der Waals surface area (Å²) in [4.78, 5) is 0. The van der Waals surface area contributed by atoms with Gasteiger partial charge in [-0.05, 0) is 0 Å². The van der Waals surface area contributed by atoms with E-state index >= 15 is 0 Å². The molecule has 0 saturated heterocycles. The molecule has 24 valence electrons. The second-order valence-corrected chi connectivity index (χ2v) is 0. The summed E-state index contributed by atoms with van der Waals surface area (Å²) in [6.45, 7) is 0. The minimum absolute atomic E-state index is 0. The van der Waals surface area contributed by atoms with E-state index in [1.165, 1.54) is 0 Å². The predicted octanol–water partition coefficient (Wildman–Crippen LogP) is 0.102. The Hall–Kier alpha value is 2.06. The summed E-state index contributed by atoms with van der Waals surface area (Å²) in [6, 6.07) is 0. The Labute approximate surface area is 84.2 Å². The van der Waals surface area contributed by atoms with E-state index in [9.17, 15) is 0 Å². The fourth-order valence-electron chi connectivity index (χ4n) is 0. The second-order valence-electron chi connectivity index (χ2n) is 0. The molecule has 0 aromatic carbocycles. The van der Waals surface area contributed by atoms with Crippen molar-refractivity contribution in [3.05, 3.63) is 18.5 Å². The molecule has 0 unspecified atom stereocenters. The fraction of sp³-hybridized carbons (Fsp3) is 0. The van der Waals surface area contributed by atoms with Crippen molar-refractivity contribution in [3.63, 3.8) is 0 Å². The number of hydrogen-bond acceptors (Lipinski definition) is 0. The zero-order chi connectivity index (χ0) is 0. The molecule has 0 amide bonds. The van der Waals surface area contributed by atoms with Crippen molar-refractivity contribution >= 4 is 40.4 Å². The topological polar surface area (TPSA) is 91.5 Å². The molecule has 0 aliphatic carbocycles. The molecule has 0 atom stereocenters. The summed E-state index contributed by atoms with van der Waals surface area (Å²) >= 11 is 0. The zero-order valence-corrected chi connectivity index (χ0v) is 8.15. The van der Waals surface area contributed by atoms with Gasteiger partial charge < -0.3 is 18.5 Å². The summed E-state index contributed by atoms with van der Waals surface area (Å²) in [5.41, 5.74) is 0. The molecule has 0 aromatic heterocycles. The van der Waals surface area contributed by atoms with Gasteiger partial charge in [-0.15, -0.1) is 0 Å². The smallest absolute Gasteiger partial charge is 3.00 e. The van der Waals surface area contributed by atoms with Crippen LogP contribution >= 0.6 is 0 Å². The first-order valence-corrected chi connectivity index (χ1v) is 0. The van der Waals surface area contributed by atoms with Crippen LogP contribution in [0.4, 0.5) is 0 Å². The van der Waals surface area contributed by atoms with Gasteiger partial charge in [0.05, 0.1) is 0 Å². The van der Waals surface area contributed by atoms with E-state index < -0.39 is 0 Å². The van der Waals surface area contributed by atoms with Crippen molar-refractivity contribution in [2.45, 2.75) is 0 Å². The Morgan fingerprint density at radius 2 is 0.667 bits per heavy atom. The molecule has 0 fully saturated rings. The van der Waals surface area contributed by atoms with Crippen molar-refractivity contribution in [2.75, 3.05) is 0 Å². The average Bonchev–Trinajstić information content (AvgIpc) is 0. The molecule has 0 aliphatic heterocycles. The third-order valence-electron chi connectivity index (χ3n) is 0. The Morgan fingerprint density at radius 3 is 0.667 bits per heavy atom. The van der Waals surface area contributed by atoms with Crippen LogP contribution in [0.3, 0.4) is 0 Å². The molecule has 0 radical (unpaired) electrons. The molecular formula is AlMgN3Zr. The monoisotopic (exact) mass is 183 g/mol. The molecule has 0 heterocycles. The molecule has 6 heavy (non-hydrogen) atoms. The van der Waals surface area contributed by atoms with E-state index in [0.29, 0.717) is 0 Å². The Kier molecular flexibility index (Phi) is 962. The van der Waals surface area contributed by atoms with Gasteiger partial charge in [0.15, 0.2) is 0 Å². The Morgan fingerprint density at radius 1 is 0.667 bits per heavy atom. The molecule has 0 aromatic rings. The number of nitrogens with zero attached hydrogens (tertiary/aromatic N) is 3. The quantitative estimate of drug-likeness (QED) is 0.478. The largest absolute Gasteiger partial charge is 4.00 e. The van der Waals surface area contributed by atoms with Gasteiger partial charge >= 0.3 is 66.6 Å². The zero-order valence-electron chi connectivity index (χ0n) is 3.13. The van der Waals surface area contributed by atoms with Crippen molar-refractivity contribution in [2.24, 2.45) is 0 Å². The van der Waals surface area contributed by atoms with Gasteiger partial charge in [0.1, 0.15) is 0 Å². The Balaban J connectivity index is 0. The van der Waals surface area contributed by atoms with Gasteiger partial charge in [0, 0.05) is 0 Å². The Bertz CT molecular complexity index is 10.8. The number of hydrogen-bond donors (Lipinski definition) is 0. The van der Waals surface area contributed by atoms with Gasteiger partial charge in [-0.25, -0.2) is 0 Å². The van der Waals surface area contributed by atoms with Crippen LogP contribution in [-0.4, -0.2) is 40.4 Å². The minimum Gasteiger partial charge on any atom is -3.00 e. The normalized spacial score (nSPS) is 0. The maximum atomic E-state index is 0. The van der Waals surface area contributed by atoms with Crippen LogP contribution in [0.2, 0.25) is 0 Å². The fourth-order valence-corrected chi connectivity index (χ4v) is 0. The van der Waals surface area contributed by atoms with Crippen LogP contribution in [0.1, 0.15) is 0 Å². The maximum Gasteiger partial charge on any atom is 4.00 e. The molecular weight excluding hydrogens is 185 g/mol. The second kappa shape index (κ2) is 61.0. The van der Waals surface area contributed by atoms with E-state index in [0.717, 1.165) is 0 Å². The number of rotatable bonds is 0. The van der Waals surface area contributed by atoms with Crippen LogP contribution in [0, 0.1) is 0 Å². The van der Waals surface area contributed by atoms with Crippen LogP contribution < -0.4 is 0 Å². The SMILES string of the molecule is [Al+3].[Mg+2].[N-3].[N-3].[N-3].[Zr+4]. The summed E-state index contributed by atoms with van der Waals surface area (Å²) in [5, 5.41) is 0. The molecule has 0 bridgehead atoms. The van der Waals surface area contributed by atoms with E-state index in [1.54, 1.807) is 0 Å². The minimum atomic E-state index is 0. The van der Waals surface area contributed by atoms with Gasteiger partial charge in [-0.3, -0.25) is 0 Å². The van der Waals surface area contributed by atoms with E-state index in [1.807, 2.05) is 0 Å². The predicted molar refractivity (Wildman–Crippen MR) is 21.6 cm³/mol. The van der Waals surface area contributed by atoms with Gasteiger partial charge in [0.25, 0.3) is 0 Å². The first-order chi connectivity index (χ1) is 0. The maximum absolute atomic E-state index is 0. The molecule has 6 heteroatoms. The van der Waals surface area contributed by atoms with E-state index in [-0.39, 0.29) is 85.1 Å². The van der Waals surface area contributed by atoms with Crippen molar-refractivity contribution < 1.29 is 26.2 Å². The molecule has 0 aliphatic rings. The molecule has 0 saturated carbocycles. The summed E-state index contributed by atoms with van der Waals surface area (Å²) in [7, 11) is 0. The molecule has 0 N–H and O–H groups in total. The summed E-state index contributed by atoms with van der Waals surface area (Å²) in [6.07, 6.45) is 0. The van der Waals surface area contributed by atoms with Gasteiger partial charge in [-0.2, -0.15) is 0 Å². The van der Waals surface area contributed by atoms with E-state index in [2.05, 4.69) is 0 Å². The van der Waals surface area contributed by atoms with Gasteiger partial charge in [-0.1, -0.05) is 0 Å². The van der Waals surface area contributed by atoms with Crippen molar-refractivity contribution in [1.29, 1.82) is 0 Å². The summed E-state index contributed by atoms with van der Waals surface area (Å²) in [5.74, 6) is 0. The molecule has 0 spiro atoms. The van der Waals surface area contributed by atoms with Crippen LogP contribution in [0.5, 0.6) is 0 Å². The van der Waals surface area contributed by atoms with Crippen molar-refractivity contribution in [3.8, 4) is 0 Å². The van der Waals surface area contributed by atoms with Crippen LogP contribution in [0.15, 0.2) is 0 Å². The standard InChI is InChI=1S/Al.Mg.3N.Zr/q+3;+2;3*-3;+4. The first kappa shape index (κ1) is 94.6. The van der Waals surface area contributed by atoms with Gasteiger partial charge in [0.2, 0.25) is 0 Å². The van der Waals surface area contributed by atoms with Crippen molar-refractivity contribution in [1.82, 2.24) is 0 Å². The van der Waals surface area contributed by atoms with Crippen LogP contribution in [-0.2, 0) is 26.2 Å².